The molecule has 1 N–H and O–H groups in total. The Bertz CT molecular complexity index is 357. The minimum Gasteiger partial charge on any atom is -0.393 e. The lowest BCUT2D eigenvalue weighted by Gasteiger charge is -2.31. The second-order valence-corrected chi connectivity index (χ2v) is 5.61. The normalized spacial score (nSPS) is 24.6. The van der Waals surface area contributed by atoms with Gasteiger partial charge in [0.2, 0.25) is 5.95 Å². The summed E-state index contributed by atoms with van der Waals surface area (Å²) >= 11 is 3.32. The molecular formula is C12H18BrN3O. The highest BCUT2D eigenvalue weighted by Gasteiger charge is 2.24. The average Bonchev–Trinajstić information content (AvgIpc) is 2.33. The second kappa shape index (κ2) is 5.78. The van der Waals surface area contributed by atoms with E-state index < -0.39 is 0 Å². The molecule has 1 aromatic rings. The largest absolute Gasteiger partial charge is 0.393 e. The fourth-order valence-corrected chi connectivity index (χ4v) is 2.54. The molecule has 1 saturated carbocycles. The molecule has 0 spiro atoms. The van der Waals surface area contributed by atoms with Crippen LogP contribution in [-0.2, 0) is 0 Å². The van der Waals surface area contributed by atoms with E-state index in [-0.39, 0.29) is 6.10 Å². The van der Waals surface area contributed by atoms with E-state index in [1.807, 2.05) is 11.9 Å². The summed E-state index contributed by atoms with van der Waals surface area (Å²) in [5.74, 6) is 1.06. The van der Waals surface area contributed by atoms with Gasteiger partial charge in [0.1, 0.15) is 0 Å². The minimum atomic E-state index is -0.165. The number of nitrogens with zero attached hydrogens (tertiary/aromatic N) is 3. The van der Waals surface area contributed by atoms with E-state index in [1.54, 1.807) is 12.4 Å². The molecule has 0 unspecified atom stereocenters. The van der Waals surface area contributed by atoms with Gasteiger partial charge < -0.3 is 10.0 Å². The first-order valence-electron chi connectivity index (χ1n) is 6.03. The van der Waals surface area contributed by atoms with Crippen molar-refractivity contribution in [3.8, 4) is 0 Å². The Balaban J connectivity index is 1.95. The van der Waals surface area contributed by atoms with Crippen LogP contribution in [0.15, 0.2) is 16.9 Å². The quantitative estimate of drug-likeness (QED) is 0.930. The summed E-state index contributed by atoms with van der Waals surface area (Å²) in [7, 11) is 1.98. The van der Waals surface area contributed by atoms with Crippen LogP contribution < -0.4 is 4.90 Å². The fraction of sp³-hybridized carbons (Fsp3) is 0.667. The van der Waals surface area contributed by atoms with Crippen molar-refractivity contribution in [2.75, 3.05) is 18.5 Å². The van der Waals surface area contributed by atoms with Gasteiger partial charge in [-0.2, -0.15) is 0 Å². The van der Waals surface area contributed by atoms with Crippen LogP contribution in [0.3, 0.4) is 0 Å². The van der Waals surface area contributed by atoms with Crippen molar-refractivity contribution < 1.29 is 5.11 Å². The zero-order chi connectivity index (χ0) is 12.3. The number of rotatable bonds is 3. The van der Waals surface area contributed by atoms with Crippen LogP contribution in [0.1, 0.15) is 25.7 Å². The van der Waals surface area contributed by atoms with Gasteiger partial charge >= 0.3 is 0 Å². The number of aliphatic hydroxyl groups is 1. The molecule has 1 aromatic heterocycles. The summed E-state index contributed by atoms with van der Waals surface area (Å²) in [5.41, 5.74) is 0. The Morgan fingerprint density at radius 3 is 2.65 bits per heavy atom. The highest BCUT2D eigenvalue weighted by Crippen LogP contribution is 2.25. The van der Waals surface area contributed by atoms with Crippen molar-refractivity contribution in [1.29, 1.82) is 0 Å². The summed E-state index contributed by atoms with van der Waals surface area (Å²) < 4.78 is 0.882. The van der Waals surface area contributed by atoms with Crippen LogP contribution in [-0.4, -0.2) is 34.8 Å². The first-order chi connectivity index (χ1) is 8.16. The molecule has 0 amide bonds. The summed E-state index contributed by atoms with van der Waals surface area (Å²) in [6.45, 7) is 0.822. The third-order valence-corrected chi connectivity index (χ3v) is 3.73. The molecule has 2 rings (SSSR count). The zero-order valence-corrected chi connectivity index (χ0v) is 11.6. The van der Waals surface area contributed by atoms with Crippen LogP contribution >= 0.6 is 15.9 Å². The van der Waals surface area contributed by atoms with Crippen LogP contribution in [0.4, 0.5) is 5.95 Å². The molecule has 2 atom stereocenters. The first-order valence-corrected chi connectivity index (χ1v) is 6.83. The average molecular weight is 300 g/mol. The molecule has 0 bridgehead atoms. The van der Waals surface area contributed by atoms with Gasteiger partial charge in [0.25, 0.3) is 0 Å². The standard InChI is InChI=1S/C12H18BrN3O/c1-16(12-14-6-10(13)7-15-12)8-9-4-2-3-5-11(9)17/h6-7,9,11,17H,2-5,8H2,1H3/t9-,11+/m1/s1. The Kier molecular flexibility index (Phi) is 4.34. The van der Waals surface area contributed by atoms with Gasteiger partial charge in [0.05, 0.1) is 10.6 Å². The maximum Gasteiger partial charge on any atom is 0.225 e. The summed E-state index contributed by atoms with van der Waals surface area (Å²) in [5, 5.41) is 9.93. The van der Waals surface area contributed by atoms with E-state index in [0.717, 1.165) is 30.3 Å². The lowest BCUT2D eigenvalue weighted by atomic mass is 9.86. The van der Waals surface area contributed by atoms with E-state index in [4.69, 9.17) is 0 Å². The maximum absolute atomic E-state index is 9.93. The predicted molar refractivity (Wildman–Crippen MR) is 71.0 cm³/mol. The number of aliphatic hydroxyl groups excluding tert-OH is 1. The minimum absolute atomic E-state index is 0.165. The summed E-state index contributed by atoms with van der Waals surface area (Å²) in [6, 6.07) is 0. The van der Waals surface area contributed by atoms with Crippen molar-refractivity contribution >= 4 is 21.9 Å². The van der Waals surface area contributed by atoms with Crippen LogP contribution in [0.5, 0.6) is 0 Å². The van der Waals surface area contributed by atoms with Crippen LogP contribution in [0.25, 0.3) is 0 Å². The molecule has 4 nitrogen and oxygen atoms in total. The van der Waals surface area contributed by atoms with Gasteiger partial charge in [-0.1, -0.05) is 12.8 Å². The summed E-state index contributed by atoms with van der Waals surface area (Å²) in [6.07, 6.45) is 7.72. The second-order valence-electron chi connectivity index (χ2n) is 4.69. The molecular weight excluding hydrogens is 282 g/mol. The van der Waals surface area contributed by atoms with Crippen molar-refractivity contribution in [3.63, 3.8) is 0 Å². The highest BCUT2D eigenvalue weighted by atomic mass is 79.9. The number of anilines is 1. The van der Waals surface area contributed by atoms with E-state index in [1.165, 1.54) is 6.42 Å². The van der Waals surface area contributed by atoms with Crippen LogP contribution in [0, 0.1) is 5.92 Å². The topological polar surface area (TPSA) is 49.2 Å². The molecule has 1 aliphatic rings. The third kappa shape index (κ3) is 3.39. The Morgan fingerprint density at radius 2 is 2.00 bits per heavy atom. The lowest BCUT2D eigenvalue weighted by Crippen LogP contribution is -2.35. The van der Waals surface area contributed by atoms with Crippen molar-refractivity contribution in [2.24, 2.45) is 5.92 Å². The molecule has 0 aromatic carbocycles. The number of hydrogen-bond donors (Lipinski definition) is 1. The predicted octanol–water partition coefficient (Wildman–Crippen LogP) is 2.23. The Labute approximate surface area is 110 Å². The zero-order valence-electron chi connectivity index (χ0n) is 10.0. The number of hydrogen-bond acceptors (Lipinski definition) is 4. The molecule has 0 radical (unpaired) electrons. The smallest absolute Gasteiger partial charge is 0.225 e. The molecule has 1 aliphatic carbocycles. The Hall–Kier alpha value is -0.680. The molecule has 1 heterocycles. The molecule has 5 heteroatoms. The molecule has 0 aliphatic heterocycles. The summed E-state index contributed by atoms with van der Waals surface area (Å²) in [4.78, 5) is 10.5. The van der Waals surface area contributed by atoms with Gasteiger partial charge in [-0.3, -0.25) is 0 Å². The van der Waals surface area contributed by atoms with E-state index in [9.17, 15) is 5.11 Å². The van der Waals surface area contributed by atoms with Crippen molar-refractivity contribution in [3.05, 3.63) is 16.9 Å². The monoisotopic (exact) mass is 299 g/mol. The van der Waals surface area contributed by atoms with Crippen molar-refractivity contribution in [1.82, 2.24) is 9.97 Å². The molecule has 0 saturated heterocycles. The molecule has 94 valence electrons. The van der Waals surface area contributed by atoms with E-state index in [0.29, 0.717) is 11.9 Å². The van der Waals surface area contributed by atoms with E-state index >= 15 is 0 Å². The first kappa shape index (κ1) is 12.8. The van der Waals surface area contributed by atoms with Gasteiger partial charge in [0, 0.05) is 31.9 Å². The Morgan fingerprint density at radius 1 is 1.35 bits per heavy atom. The molecule has 1 fully saturated rings. The highest BCUT2D eigenvalue weighted by molar-refractivity contribution is 9.10. The fourth-order valence-electron chi connectivity index (χ4n) is 2.34. The van der Waals surface area contributed by atoms with Gasteiger partial charge in [-0.15, -0.1) is 0 Å². The number of halogens is 1. The van der Waals surface area contributed by atoms with Gasteiger partial charge in [-0.05, 0) is 28.8 Å². The molecule has 17 heavy (non-hydrogen) atoms. The van der Waals surface area contributed by atoms with Gasteiger partial charge in [0.15, 0.2) is 0 Å². The van der Waals surface area contributed by atoms with Gasteiger partial charge in [-0.25, -0.2) is 9.97 Å². The maximum atomic E-state index is 9.93. The third-order valence-electron chi connectivity index (χ3n) is 3.33. The van der Waals surface area contributed by atoms with Crippen molar-refractivity contribution in [2.45, 2.75) is 31.8 Å². The number of aromatic nitrogens is 2. The lowest BCUT2D eigenvalue weighted by molar-refractivity contribution is 0.0735. The van der Waals surface area contributed by atoms with E-state index in [2.05, 4.69) is 25.9 Å². The van der Waals surface area contributed by atoms with Crippen LogP contribution in [0.2, 0.25) is 0 Å². The SMILES string of the molecule is CN(C[C@H]1CCCC[C@@H]1O)c1ncc(Br)cn1.